The van der Waals surface area contributed by atoms with Crippen molar-refractivity contribution in [2.75, 3.05) is 0 Å². The van der Waals surface area contributed by atoms with E-state index in [0.29, 0.717) is 0 Å². The molecule has 0 N–H and O–H groups in total. The molecular weight excluding hydrogens is 621 g/mol. The van der Waals surface area contributed by atoms with Crippen molar-refractivity contribution in [3.8, 4) is 33.6 Å². The molecule has 0 saturated carbocycles. The summed E-state index contributed by atoms with van der Waals surface area (Å²) < 4.78 is 11.4. The average molecular weight is 651 g/mol. The van der Waals surface area contributed by atoms with Crippen molar-refractivity contribution in [3.05, 3.63) is 182 Å². The Hall–Kier alpha value is -6.84. The van der Waals surface area contributed by atoms with Crippen LogP contribution in [0.3, 0.4) is 0 Å². The summed E-state index contributed by atoms with van der Waals surface area (Å²) in [5.74, 6) is 0. The van der Waals surface area contributed by atoms with E-state index in [-0.39, 0.29) is 0 Å². The quantitative estimate of drug-likeness (QED) is 0.186. The van der Waals surface area contributed by atoms with Crippen molar-refractivity contribution < 1.29 is 4.42 Å². The first kappa shape index (κ1) is 28.0. The fourth-order valence-electron chi connectivity index (χ4n) is 8.33. The van der Waals surface area contributed by atoms with E-state index in [2.05, 4.69) is 185 Å². The number of hydrogen-bond donors (Lipinski definition) is 0. The van der Waals surface area contributed by atoms with Crippen molar-refractivity contribution in [1.82, 2.24) is 9.13 Å². The zero-order valence-corrected chi connectivity index (χ0v) is 27.6. The molecule has 0 aliphatic rings. The third kappa shape index (κ3) is 4.06. The van der Waals surface area contributed by atoms with Gasteiger partial charge in [-0.05, 0) is 59.7 Å². The minimum Gasteiger partial charge on any atom is -0.455 e. The Morgan fingerprint density at radius 1 is 0.333 bits per heavy atom. The molecule has 0 aliphatic heterocycles. The highest BCUT2D eigenvalue weighted by molar-refractivity contribution is 6.23. The molecule has 3 heteroatoms. The lowest BCUT2D eigenvalue weighted by molar-refractivity contribution is 0.673. The molecule has 3 heterocycles. The highest BCUT2D eigenvalue weighted by Gasteiger charge is 2.21. The molecule has 0 aliphatic carbocycles. The first-order chi connectivity index (χ1) is 25.3. The van der Waals surface area contributed by atoms with E-state index in [1.807, 2.05) is 6.07 Å². The Bertz CT molecular complexity index is 3070. The van der Waals surface area contributed by atoms with Gasteiger partial charge in [-0.3, -0.25) is 0 Å². The summed E-state index contributed by atoms with van der Waals surface area (Å²) in [7, 11) is 0. The number of fused-ring (bicyclic) bond motifs is 10. The lowest BCUT2D eigenvalue weighted by atomic mass is 9.95. The fraction of sp³-hybridized carbons (Fsp3) is 0. The second-order valence-electron chi connectivity index (χ2n) is 13.3. The Morgan fingerprint density at radius 3 is 1.57 bits per heavy atom. The summed E-state index contributed by atoms with van der Waals surface area (Å²) in [5.41, 5.74) is 13.6. The summed E-state index contributed by atoms with van der Waals surface area (Å²) in [5, 5.41) is 7.13. The molecule has 11 rings (SSSR count). The zero-order valence-electron chi connectivity index (χ0n) is 27.6. The highest BCUT2D eigenvalue weighted by atomic mass is 16.3. The number of aromatic nitrogens is 2. The Labute approximate surface area is 293 Å². The molecule has 238 valence electrons. The standard InChI is InChI=1S/C48H30N2O/c1-2-13-31(14-3-1)34-19-12-20-35(47(34)50-41-21-8-4-15-36(41)37-16-5-9-22-42(37)50)32-25-27-33(28-26-32)49-43-23-10-6-18-40(43)46-44(49)30-29-39-38-17-7-11-24-45(38)51-48(39)46/h1-30H. The van der Waals surface area contributed by atoms with E-state index >= 15 is 0 Å². The van der Waals surface area contributed by atoms with Crippen LogP contribution in [0, 0.1) is 0 Å². The van der Waals surface area contributed by atoms with E-state index in [1.54, 1.807) is 0 Å². The van der Waals surface area contributed by atoms with Crippen LogP contribution in [0.5, 0.6) is 0 Å². The van der Waals surface area contributed by atoms with Gasteiger partial charge in [-0.25, -0.2) is 0 Å². The molecule has 0 atom stereocenters. The third-order valence-corrected chi connectivity index (χ3v) is 10.5. The van der Waals surface area contributed by atoms with Crippen LogP contribution in [0.1, 0.15) is 0 Å². The van der Waals surface area contributed by atoms with Crippen LogP contribution in [-0.4, -0.2) is 9.13 Å². The molecule has 3 aromatic heterocycles. The molecule has 0 amide bonds. The SMILES string of the molecule is c1ccc(-c2cccc(-c3ccc(-n4c5ccccc5c5c6oc7ccccc7c6ccc54)cc3)c2-n2c3ccccc3c3ccccc32)cc1. The minimum absolute atomic E-state index is 0.915. The Kier molecular flexibility index (Phi) is 5.96. The summed E-state index contributed by atoms with van der Waals surface area (Å²) in [6.07, 6.45) is 0. The van der Waals surface area contributed by atoms with Crippen LogP contribution in [0.4, 0.5) is 0 Å². The van der Waals surface area contributed by atoms with Gasteiger partial charge in [0.25, 0.3) is 0 Å². The number of nitrogens with zero attached hydrogens (tertiary/aromatic N) is 2. The Morgan fingerprint density at radius 2 is 0.882 bits per heavy atom. The second-order valence-corrected chi connectivity index (χ2v) is 13.3. The monoisotopic (exact) mass is 650 g/mol. The van der Waals surface area contributed by atoms with Crippen molar-refractivity contribution in [2.24, 2.45) is 0 Å². The van der Waals surface area contributed by atoms with Gasteiger partial charge in [0.05, 0.1) is 33.1 Å². The maximum absolute atomic E-state index is 6.54. The van der Waals surface area contributed by atoms with Gasteiger partial charge < -0.3 is 13.6 Å². The van der Waals surface area contributed by atoms with E-state index in [1.165, 1.54) is 49.6 Å². The van der Waals surface area contributed by atoms with Gasteiger partial charge in [-0.1, -0.05) is 133 Å². The predicted octanol–water partition coefficient (Wildman–Crippen LogP) is 13.1. The molecule has 0 unspecified atom stereocenters. The summed E-state index contributed by atoms with van der Waals surface area (Å²) in [6, 6.07) is 65.4. The highest BCUT2D eigenvalue weighted by Crippen LogP contribution is 2.43. The number of rotatable bonds is 4. The van der Waals surface area contributed by atoms with E-state index < -0.39 is 0 Å². The van der Waals surface area contributed by atoms with E-state index in [0.717, 1.165) is 49.6 Å². The smallest absolute Gasteiger partial charge is 0.145 e. The van der Waals surface area contributed by atoms with Gasteiger partial charge in [0.2, 0.25) is 0 Å². The van der Waals surface area contributed by atoms with Gasteiger partial charge in [-0.2, -0.15) is 0 Å². The van der Waals surface area contributed by atoms with Crippen molar-refractivity contribution >= 4 is 65.6 Å². The van der Waals surface area contributed by atoms with Crippen LogP contribution in [0.2, 0.25) is 0 Å². The molecule has 11 aromatic rings. The first-order valence-corrected chi connectivity index (χ1v) is 17.4. The third-order valence-electron chi connectivity index (χ3n) is 10.5. The lowest BCUT2D eigenvalue weighted by Crippen LogP contribution is -2.01. The molecule has 8 aromatic carbocycles. The van der Waals surface area contributed by atoms with E-state index in [9.17, 15) is 0 Å². The number of hydrogen-bond acceptors (Lipinski definition) is 1. The number of furan rings is 1. The van der Waals surface area contributed by atoms with Crippen LogP contribution < -0.4 is 0 Å². The second kappa shape index (κ2) is 10.8. The van der Waals surface area contributed by atoms with Gasteiger partial charge >= 0.3 is 0 Å². The average Bonchev–Trinajstić information content (AvgIpc) is 3.86. The van der Waals surface area contributed by atoms with Crippen LogP contribution in [0.25, 0.3) is 99.2 Å². The first-order valence-electron chi connectivity index (χ1n) is 17.4. The lowest BCUT2D eigenvalue weighted by Gasteiger charge is -2.19. The maximum atomic E-state index is 6.54. The Balaban J connectivity index is 1.15. The van der Waals surface area contributed by atoms with Crippen molar-refractivity contribution in [2.45, 2.75) is 0 Å². The molecule has 0 fully saturated rings. The topological polar surface area (TPSA) is 23.0 Å². The minimum atomic E-state index is 0.915. The summed E-state index contributed by atoms with van der Waals surface area (Å²) in [4.78, 5) is 0. The van der Waals surface area contributed by atoms with Crippen LogP contribution in [0.15, 0.2) is 186 Å². The number of benzene rings is 8. The van der Waals surface area contributed by atoms with E-state index in [4.69, 9.17) is 4.42 Å². The zero-order chi connectivity index (χ0) is 33.5. The molecule has 0 saturated heterocycles. The predicted molar refractivity (Wildman–Crippen MR) is 213 cm³/mol. The van der Waals surface area contributed by atoms with Gasteiger partial charge in [0.15, 0.2) is 0 Å². The molecule has 3 nitrogen and oxygen atoms in total. The summed E-state index contributed by atoms with van der Waals surface area (Å²) in [6.45, 7) is 0. The van der Waals surface area contributed by atoms with Gasteiger partial charge in [0.1, 0.15) is 11.2 Å². The van der Waals surface area contributed by atoms with Crippen molar-refractivity contribution in [1.29, 1.82) is 0 Å². The molecule has 51 heavy (non-hydrogen) atoms. The van der Waals surface area contributed by atoms with Crippen molar-refractivity contribution in [3.63, 3.8) is 0 Å². The van der Waals surface area contributed by atoms with Crippen LogP contribution >= 0.6 is 0 Å². The molecule has 0 bridgehead atoms. The largest absolute Gasteiger partial charge is 0.455 e. The fourth-order valence-corrected chi connectivity index (χ4v) is 8.33. The molecule has 0 radical (unpaired) electrons. The number of para-hydroxylation sites is 5. The molecular formula is C48H30N2O. The van der Waals surface area contributed by atoms with Gasteiger partial charge in [-0.15, -0.1) is 0 Å². The summed E-state index contributed by atoms with van der Waals surface area (Å²) >= 11 is 0. The maximum Gasteiger partial charge on any atom is 0.145 e. The van der Waals surface area contributed by atoms with Gasteiger partial charge in [0, 0.05) is 43.7 Å². The normalized spacial score (nSPS) is 11.9. The van der Waals surface area contributed by atoms with Crippen LogP contribution in [-0.2, 0) is 0 Å². The molecule has 0 spiro atoms.